The van der Waals surface area contributed by atoms with Crippen LogP contribution >= 0.6 is 0 Å². The fourth-order valence-electron chi connectivity index (χ4n) is 1.51. The van der Waals surface area contributed by atoms with Crippen LogP contribution in [0.1, 0.15) is 6.29 Å². The SMILES string of the molecule is CNC(N)n1cnc2c(N(C)C)ncnc21. The van der Waals surface area contributed by atoms with Crippen LogP contribution in [0.3, 0.4) is 0 Å². The van der Waals surface area contributed by atoms with Crippen LogP contribution < -0.4 is 16.0 Å². The molecule has 0 saturated carbocycles. The molecular weight excluding hydrogens is 206 g/mol. The van der Waals surface area contributed by atoms with Crippen molar-refractivity contribution >= 4 is 17.0 Å². The number of hydrogen-bond donors (Lipinski definition) is 2. The van der Waals surface area contributed by atoms with Crippen LogP contribution in [-0.4, -0.2) is 40.7 Å². The molecule has 0 aliphatic heterocycles. The Morgan fingerprint density at radius 1 is 1.38 bits per heavy atom. The second-order valence-corrected chi connectivity index (χ2v) is 3.65. The lowest BCUT2D eigenvalue weighted by atomic mass is 10.4. The van der Waals surface area contributed by atoms with Crippen LogP contribution in [0, 0.1) is 0 Å². The zero-order chi connectivity index (χ0) is 11.7. The number of nitrogens with one attached hydrogen (secondary N) is 1. The van der Waals surface area contributed by atoms with Crippen LogP contribution in [0.15, 0.2) is 12.7 Å². The zero-order valence-electron chi connectivity index (χ0n) is 9.55. The van der Waals surface area contributed by atoms with Crippen molar-refractivity contribution in [1.82, 2.24) is 24.8 Å². The first-order valence-electron chi connectivity index (χ1n) is 4.93. The van der Waals surface area contributed by atoms with Crippen molar-refractivity contribution in [1.29, 1.82) is 0 Å². The highest BCUT2D eigenvalue weighted by molar-refractivity contribution is 5.83. The summed E-state index contributed by atoms with van der Waals surface area (Å²) in [6, 6.07) is 0. The van der Waals surface area contributed by atoms with Gasteiger partial charge < -0.3 is 4.90 Å². The molecule has 2 aromatic rings. The van der Waals surface area contributed by atoms with Gasteiger partial charge in [0.1, 0.15) is 12.6 Å². The van der Waals surface area contributed by atoms with Crippen LogP contribution in [0.5, 0.6) is 0 Å². The molecule has 0 bridgehead atoms. The number of nitrogens with zero attached hydrogens (tertiary/aromatic N) is 5. The van der Waals surface area contributed by atoms with Gasteiger partial charge in [0.2, 0.25) is 0 Å². The highest BCUT2D eigenvalue weighted by Gasteiger charge is 2.13. The number of hydrogen-bond acceptors (Lipinski definition) is 6. The Kier molecular flexibility index (Phi) is 2.71. The molecular formula is C9H15N7. The highest BCUT2D eigenvalue weighted by Crippen LogP contribution is 2.19. The van der Waals surface area contributed by atoms with Gasteiger partial charge in [-0.1, -0.05) is 0 Å². The molecule has 16 heavy (non-hydrogen) atoms. The Balaban J connectivity index is 2.61. The Morgan fingerprint density at radius 3 is 2.75 bits per heavy atom. The van der Waals surface area contributed by atoms with E-state index in [1.54, 1.807) is 17.9 Å². The van der Waals surface area contributed by atoms with Gasteiger partial charge in [0.05, 0.1) is 6.33 Å². The second-order valence-electron chi connectivity index (χ2n) is 3.65. The standard InChI is InChI=1S/C9H15N7/c1-11-9(10)16-5-14-6-7(15(2)3)12-4-13-8(6)16/h4-5,9,11H,10H2,1-3H3. The molecule has 0 spiro atoms. The van der Waals surface area contributed by atoms with E-state index in [9.17, 15) is 0 Å². The highest BCUT2D eigenvalue weighted by atomic mass is 15.3. The number of aromatic nitrogens is 4. The Bertz CT molecular complexity index is 490. The third-order valence-corrected chi connectivity index (χ3v) is 2.36. The number of fused-ring (bicyclic) bond motifs is 1. The van der Waals surface area contributed by atoms with Crippen LogP contribution in [0.25, 0.3) is 11.2 Å². The van der Waals surface area contributed by atoms with Crippen molar-refractivity contribution < 1.29 is 0 Å². The van der Waals surface area contributed by atoms with E-state index in [0.29, 0.717) is 0 Å². The molecule has 2 heterocycles. The lowest BCUT2D eigenvalue weighted by Crippen LogP contribution is -2.30. The van der Waals surface area contributed by atoms with Crippen molar-refractivity contribution in [3.63, 3.8) is 0 Å². The van der Waals surface area contributed by atoms with E-state index in [1.807, 2.05) is 19.0 Å². The summed E-state index contributed by atoms with van der Waals surface area (Å²) in [5.74, 6) is 0.784. The third kappa shape index (κ3) is 1.59. The summed E-state index contributed by atoms with van der Waals surface area (Å²) in [5, 5.41) is 2.93. The smallest absolute Gasteiger partial charge is 0.167 e. The fourth-order valence-corrected chi connectivity index (χ4v) is 1.51. The van der Waals surface area contributed by atoms with Gasteiger partial charge in [-0.15, -0.1) is 0 Å². The van der Waals surface area contributed by atoms with Crippen LogP contribution in [0.4, 0.5) is 5.82 Å². The predicted molar refractivity (Wildman–Crippen MR) is 61.9 cm³/mol. The first-order chi connectivity index (χ1) is 7.65. The molecule has 0 amide bonds. The number of rotatable bonds is 3. The summed E-state index contributed by atoms with van der Waals surface area (Å²) < 4.78 is 1.77. The molecule has 2 rings (SSSR count). The Hall–Kier alpha value is -1.73. The van der Waals surface area contributed by atoms with Crippen LogP contribution in [-0.2, 0) is 0 Å². The number of anilines is 1. The molecule has 1 unspecified atom stereocenters. The average molecular weight is 221 g/mol. The minimum atomic E-state index is -0.338. The van der Waals surface area contributed by atoms with Gasteiger partial charge in [0.25, 0.3) is 0 Å². The van der Waals surface area contributed by atoms with Gasteiger partial charge in [-0.25, -0.2) is 15.0 Å². The van der Waals surface area contributed by atoms with Gasteiger partial charge in [-0.05, 0) is 7.05 Å². The lowest BCUT2D eigenvalue weighted by molar-refractivity contribution is 0.462. The Labute approximate surface area is 93.3 Å². The summed E-state index contributed by atoms with van der Waals surface area (Å²) in [5.41, 5.74) is 7.34. The molecule has 7 heteroatoms. The van der Waals surface area contributed by atoms with E-state index in [-0.39, 0.29) is 6.29 Å². The molecule has 0 fully saturated rings. The fraction of sp³-hybridized carbons (Fsp3) is 0.444. The number of nitrogens with two attached hydrogens (primary N) is 1. The van der Waals surface area contributed by atoms with E-state index in [1.165, 1.54) is 6.33 Å². The monoisotopic (exact) mass is 221 g/mol. The minimum Gasteiger partial charge on any atom is -0.361 e. The molecule has 2 aromatic heterocycles. The van der Waals surface area contributed by atoms with E-state index in [0.717, 1.165) is 17.0 Å². The van der Waals surface area contributed by atoms with Crippen molar-refractivity contribution in [2.75, 3.05) is 26.0 Å². The molecule has 0 aromatic carbocycles. The first kappa shape index (κ1) is 10.8. The number of imidazole rings is 1. The van der Waals surface area contributed by atoms with Crippen molar-refractivity contribution in [2.24, 2.45) is 5.73 Å². The summed E-state index contributed by atoms with van der Waals surface area (Å²) in [6.45, 7) is 0. The van der Waals surface area contributed by atoms with Crippen LogP contribution in [0.2, 0.25) is 0 Å². The van der Waals surface area contributed by atoms with Gasteiger partial charge >= 0.3 is 0 Å². The van der Waals surface area contributed by atoms with Gasteiger partial charge in [-0.2, -0.15) is 0 Å². The molecule has 1 atom stereocenters. The normalized spacial score (nSPS) is 13.0. The summed E-state index contributed by atoms with van der Waals surface area (Å²) >= 11 is 0. The molecule has 86 valence electrons. The van der Waals surface area contributed by atoms with Gasteiger partial charge in [-0.3, -0.25) is 15.6 Å². The maximum Gasteiger partial charge on any atom is 0.167 e. The third-order valence-electron chi connectivity index (χ3n) is 2.36. The predicted octanol–water partition coefficient (Wildman–Crippen LogP) is -0.473. The van der Waals surface area contributed by atoms with E-state index in [4.69, 9.17) is 5.73 Å². The summed E-state index contributed by atoms with van der Waals surface area (Å²) in [4.78, 5) is 14.6. The molecule has 0 saturated heterocycles. The molecule has 0 radical (unpaired) electrons. The first-order valence-corrected chi connectivity index (χ1v) is 4.93. The van der Waals surface area contributed by atoms with Crippen molar-refractivity contribution in [3.05, 3.63) is 12.7 Å². The summed E-state index contributed by atoms with van der Waals surface area (Å²) in [6.07, 6.45) is 2.83. The molecule has 0 aliphatic carbocycles. The Morgan fingerprint density at radius 2 is 2.12 bits per heavy atom. The quantitative estimate of drug-likeness (QED) is 0.681. The second kappa shape index (κ2) is 4.03. The molecule has 0 aliphatic rings. The van der Waals surface area contributed by atoms with E-state index >= 15 is 0 Å². The van der Waals surface area contributed by atoms with Gasteiger partial charge in [0, 0.05) is 14.1 Å². The van der Waals surface area contributed by atoms with Crippen molar-refractivity contribution in [3.8, 4) is 0 Å². The topological polar surface area (TPSA) is 84.9 Å². The molecule has 7 nitrogen and oxygen atoms in total. The lowest BCUT2D eigenvalue weighted by Gasteiger charge is -2.13. The van der Waals surface area contributed by atoms with Gasteiger partial charge in [0.15, 0.2) is 17.0 Å². The van der Waals surface area contributed by atoms with E-state index < -0.39 is 0 Å². The maximum absolute atomic E-state index is 5.87. The maximum atomic E-state index is 5.87. The average Bonchev–Trinajstić information content (AvgIpc) is 2.71. The van der Waals surface area contributed by atoms with Crippen molar-refractivity contribution in [2.45, 2.75) is 6.29 Å². The molecule has 3 N–H and O–H groups in total. The summed E-state index contributed by atoms with van der Waals surface area (Å²) in [7, 11) is 5.61. The van der Waals surface area contributed by atoms with E-state index in [2.05, 4.69) is 20.3 Å². The largest absolute Gasteiger partial charge is 0.361 e. The minimum absolute atomic E-state index is 0.338. The zero-order valence-corrected chi connectivity index (χ0v) is 9.55.